The number of hydrogen-bond donors (Lipinski definition) is 1. The molecule has 18 heavy (non-hydrogen) atoms. The number of anilines is 1. The Morgan fingerprint density at radius 1 is 1.17 bits per heavy atom. The second-order valence-corrected chi connectivity index (χ2v) is 5.80. The summed E-state index contributed by atoms with van der Waals surface area (Å²) >= 11 is 0. The molecule has 0 spiro atoms. The van der Waals surface area contributed by atoms with Crippen molar-refractivity contribution in [3.8, 4) is 0 Å². The topological polar surface area (TPSA) is 24.5 Å². The molecule has 2 saturated heterocycles. The highest BCUT2D eigenvalue weighted by molar-refractivity contribution is 5.58. The van der Waals surface area contributed by atoms with Crippen LogP contribution in [-0.4, -0.2) is 32.8 Å². The van der Waals surface area contributed by atoms with Gasteiger partial charge in [0.05, 0.1) is 13.2 Å². The molecule has 0 saturated carbocycles. The Morgan fingerprint density at radius 3 is 2.83 bits per heavy atom. The molecule has 1 aromatic rings. The standard InChI is InChI=1S/C15H20N2O/c1-2-11-6-16-5-4-14(11)15(3-1)17-7-12-9-18-10-13(12)8-17/h1-3,12-13,16H,4-10H2/t12-,13+. The van der Waals surface area contributed by atoms with Gasteiger partial charge in [0.1, 0.15) is 0 Å². The minimum absolute atomic E-state index is 0.766. The molecule has 3 nitrogen and oxygen atoms in total. The van der Waals surface area contributed by atoms with Crippen molar-refractivity contribution in [3.05, 3.63) is 29.3 Å². The summed E-state index contributed by atoms with van der Waals surface area (Å²) in [6, 6.07) is 6.79. The maximum Gasteiger partial charge on any atom is 0.0515 e. The first-order chi connectivity index (χ1) is 8.92. The Balaban J connectivity index is 1.65. The third-order valence-electron chi connectivity index (χ3n) is 4.70. The zero-order chi connectivity index (χ0) is 11.9. The van der Waals surface area contributed by atoms with Crippen molar-refractivity contribution in [1.82, 2.24) is 5.32 Å². The van der Waals surface area contributed by atoms with Crippen LogP contribution in [0, 0.1) is 11.8 Å². The molecule has 0 aliphatic carbocycles. The van der Waals surface area contributed by atoms with Crippen LogP contribution in [0.1, 0.15) is 11.1 Å². The number of ether oxygens (including phenoxy) is 1. The summed E-state index contributed by atoms with van der Waals surface area (Å²) in [5.41, 5.74) is 4.56. The second kappa shape index (κ2) is 4.25. The minimum Gasteiger partial charge on any atom is -0.381 e. The van der Waals surface area contributed by atoms with E-state index in [-0.39, 0.29) is 0 Å². The summed E-state index contributed by atoms with van der Waals surface area (Å²) in [6.07, 6.45) is 1.17. The van der Waals surface area contributed by atoms with Crippen molar-refractivity contribution in [2.45, 2.75) is 13.0 Å². The number of nitrogens with one attached hydrogen (secondary N) is 1. The molecule has 0 unspecified atom stereocenters. The van der Waals surface area contributed by atoms with E-state index in [1.165, 1.54) is 30.8 Å². The molecule has 3 heteroatoms. The molecule has 4 rings (SSSR count). The average Bonchev–Trinajstić information content (AvgIpc) is 2.99. The molecule has 0 bridgehead atoms. The lowest BCUT2D eigenvalue weighted by Crippen LogP contribution is -2.28. The first-order valence-electron chi connectivity index (χ1n) is 7.06. The maximum atomic E-state index is 5.57. The third-order valence-corrected chi connectivity index (χ3v) is 4.70. The Hall–Kier alpha value is -1.06. The molecule has 96 valence electrons. The molecule has 3 aliphatic heterocycles. The predicted molar refractivity (Wildman–Crippen MR) is 71.9 cm³/mol. The lowest BCUT2D eigenvalue weighted by molar-refractivity contribution is 0.177. The fourth-order valence-electron chi connectivity index (χ4n) is 3.69. The average molecular weight is 244 g/mol. The van der Waals surface area contributed by atoms with Gasteiger partial charge in [-0.1, -0.05) is 12.1 Å². The highest BCUT2D eigenvalue weighted by atomic mass is 16.5. The molecule has 2 fully saturated rings. The van der Waals surface area contributed by atoms with Gasteiger partial charge in [-0.05, 0) is 30.2 Å². The van der Waals surface area contributed by atoms with Gasteiger partial charge in [-0.25, -0.2) is 0 Å². The van der Waals surface area contributed by atoms with Crippen LogP contribution in [0.15, 0.2) is 18.2 Å². The van der Waals surface area contributed by atoms with Crippen LogP contribution in [-0.2, 0) is 17.7 Å². The van der Waals surface area contributed by atoms with Gasteiger partial charge in [0.25, 0.3) is 0 Å². The predicted octanol–water partition coefficient (Wildman–Crippen LogP) is 1.41. The van der Waals surface area contributed by atoms with Crippen LogP contribution in [0.25, 0.3) is 0 Å². The summed E-state index contributed by atoms with van der Waals surface area (Å²) < 4.78 is 5.57. The summed E-state index contributed by atoms with van der Waals surface area (Å²) in [5, 5.41) is 3.46. The lowest BCUT2D eigenvalue weighted by Gasteiger charge is -2.27. The van der Waals surface area contributed by atoms with Crippen molar-refractivity contribution in [2.24, 2.45) is 11.8 Å². The van der Waals surface area contributed by atoms with Gasteiger partial charge >= 0.3 is 0 Å². The van der Waals surface area contributed by atoms with Crippen LogP contribution >= 0.6 is 0 Å². The first-order valence-corrected chi connectivity index (χ1v) is 7.06. The highest BCUT2D eigenvalue weighted by Gasteiger charge is 2.37. The minimum atomic E-state index is 0.766. The van der Waals surface area contributed by atoms with Gasteiger partial charge in [0.15, 0.2) is 0 Å². The Labute approximate surface area is 108 Å². The van der Waals surface area contributed by atoms with E-state index in [0.29, 0.717) is 0 Å². The van der Waals surface area contributed by atoms with Crippen molar-refractivity contribution in [2.75, 3.05) is 37.7 Å². The van der Waals surface area contributed by atoms with E-state index in [9.17, 15) is 0 Å². The van der Waals surface area contributed by atoms with Crippen molar-refractivity contribution in [1.29, 1.82) is 0 Å². The largest absolute Gasteiger partial charge is 0.381 e. The molecule has 0 aromatic heterocycles. The van der Waals surface area contributed by atoms with Gasteiger partial charge in [-0.3, -0.25) is 0 Å². The first kappa shape index (κ1) is 10.8. The van der Waals surface area contributed by atoms with Crippen LogP contribution in [0.5, 0.6) is 0 Å². The van der Waals surface area contributed by atoms with Crippen molar-refractivity contribution in [3.63, 3.8) is 0 Å². The van der Waals surface area contributed by atoms with E-state index >= 15 is 0 Å². The van der Waals surface area contributed by atoms with Crippen LogP contribution in [0.3, 0.4) is 0 Å². The number of hydrogen-bond acceptors (Lipinski definition) is 3. The smallest absolute Gasteiger partial charge is 0.0515 e. The number of rotatable bonds is 1. The molecular weight excluding hydrogens is 224 g/mol. The van der Waals surface area contributed by atoms with E-state index in [2.05, 4.69) is 28.4 Å². The van der Waals surface area contributed by atoms with Crippen LogP contribution in [0.4, 0.5) is 5.69 Å². The molecule has 1 N–H and O–H groups in total. The second-order valence-electron chi connectivity index (χ2n) is 5.80. The van der Waals surface area contributed by atoms with Crippen LogP contribution in [0.2, 0.25) is 0 Å². The van der Waals surface area contributed by atoms with Crippen molar-refractivity contribution >= 4 is 5.69 Å². The van der Waals surface area contributed by atoms with Gasteiger partial charge < -0.3 is 15.0 Å². The van der Waals surface area contributed by atoms with E-state index < -0.39 is 0 Å². The third kappa shape index (κ3) is 1.65. The van der Waals surface area contributed by atoms with Crippen LogP contribution < -0.4 is 10.2 Å². The monoisotopic (exact) mass is 244 g/mol. The number of nitrogens with zero attached hydrogens (tertiary/aromatic N) is 1. The van der Waals surface area contributed by atoms with Gasteiger partial charge in [-0.15, -0.1) is 0 Å². The fraction of sp³-hybridized carbons (Fsp3) is 0.600. The molecule has 0 radical (unpaired) electrons. The van der Waals surface area contributed by atoms with E-state index in [0.717, 1.165) is 38.1 Å². The van der Waals surface area contributed by atoms with Crippen molar-refractivity contribution < 1.29 is 4.74 Å². The maximum absolute atomic E-state index is 5.57. The fourth-order valence-corrected chi connectivity index (χ4v) is 3.69. The van der Waals surface area contributed by atoms with Gasteiger partial charge in [0, 0.05) is 37.2 Å². The molecular formula is C15H20N2O. The molecule has 2 atom stereocenters. The zero-order valence-electron chi connectivity index (χ0n) is 10.7. The zero-order valence-corrected chi connectivity index (χ0v) is 10.7. The molecule has 3 aliphatic rings. The normalized spacial score (nSPS) is 30.3. The Bertz CT molecular complexity index is 448. The lowest BCUT2D eigenvalue weighted by atomic mass is 9.98. The van der Waals surface area contributed by atoms with E-state index in [4.69, 9.17) is 4.74 Å². The quantitative estimate of drug-likeness (QED) is 0.808. The summed E-state index contributed by atoms with van der Waals surface area (Å²) in [4.78, 5) is 2.60. The number of benzene rings is 1. The number of fused-ring (bicyclic) bond motifs is 2. The summed E-state index contributed by atoms with van der Waals surface area (Å²) in [6.45, 7) is 6.47. The van der Waals surface area contributed by atoms with E-state index in [1.807, 2.05) is 0 Å². The molecule has 1 aromatic carbocycles. The van der Waals surface area contributed by atoms with Gasteiger partial charge in [0.2, 0.25) is 0 Å². The molecule has 0 amide bonds. The summed E-state index contributed by atoms with van der Waals surface area (Å²) in [5.74, 6) is 1.53. The Kier molecular flexibility index (Phi) is 2.55. The SMILES string of the molecule is c1cc2c(c(N3C[C@H]4COC[C@H]4C3)c1)CCNC2. The molecule has 3 heterocycles. The van der Waals surface area contributed by atoms with Gasteiger partial charge in [-0.2, -0.15) is 0 Å². The Morgan fingerprint density at radius 2 is 2.00 bits per heavy atom. The summed E-state index contributed by atoms with van der Waals surface area (Å²) in [7, 11) is 0. The highest BCUT2D eigenvalue weighted by Crippen LogP contribution is 2.35. The van der Waals surface area contributed by atoms with E-state index in [1.54, 1.807) is 5.56 Å².